The first-order valence-corrected chi connectivity index (χ1v) is 9.34. The summed E-state index contributed by atoms with van der Waals surface area (Å²) in [7, 11) is -3.07. The van der Waals surface area contributed by atoms with Crippen LogP contribution in [0, 0.1) is 0 Å². The number of nitrogens with one attached hydrogen (secondary N) is 1. The SMILES string of the molecule is CCNC(c1ccc(CC)c(CC)c1)C(C)S(C)(=O)=O. The van der Waals surface area contributed by atoms with E-state index >= 15 is 0 Å². The number of benzene rings is 1. The summed E-state index contributed by atoms with van der Waals surface area (Å²) in [5, 5.41) is 2.88. The van der Waals surface area contributed by atoms with Gasteiger partial charge in [-0.05, 0) is 43.0 Å². The minimum Gasteiger partial charge on any atom is -0.309 e. The highest BCUT2D eigenvalue weighted by Crippen LogP contribution is 2.24. The summed E-state index contributed by atoms with van der Waals surface area (Å²) in [4.78, 5) is 0. The molecule has 3 nitrogen and oxygen atoms in total. The molecule has 114 valence electrons. The van der Waals surface area contributed by atoms with Gasteiger partial charge in [-0.1, -0.05) is 39.0 Å². The van der Waals surface area contributed by atoms with Gasteiger partial charge < -0.3 is 5.32 Å². The first-order valence-electron chi connectivity index (χ1n) is 7.39. The predicted molar refractivity (Wildman–Crippen MR) is 85.9 cm³/mol. The molecule has 0 aromatic heterocycles. The van der Waals surface area contributed by atoms with Crippen molar-refractivity contribution in [3.63, 3.8) is 0 Å². The smallest absolute Gasteiger partial charge is 0.151 e. The van der Waals surface area contributed by atoms with E-state index in [1.165, 1.54) is 17.4 Å². The van der Waals surface area contributed by atoms with Gasteiger partial charge in [-0.25, -0.2) is 8.42 Å². The average molecular weight is 297 g/mol. The van der Waals surface area contributed by atoms with Gasteiger partial charge in [-0.3, -0.25) is 0 Å². The topological polar surface area (TPSA) is 46.2 Å². The largest absolute Gasteiger partial charge is 0.309 e. The summed E-state index contributed by atoms with van der Waals surface area (Å²) >= 11 is 0. The monoisotopic (exact) mass is 297 g/mol. The molecule has 0 aliphatic heterocycles. The molecule has 0 bridgehead atoms. The van der Waals surface area contributed by atoms with Crippen LogP contribution in [-0.2, 0) is 22.7 Å². The Kier molecular flexibility index (Phi) is 6.21. The molecule has 1 aromatic rings. The summed E-state index contributed by atoms with van der Waals surface area (Å²) in [6.07, 6.45) is 3.29. The van der Waals surface area contributed by atoms with Gasteiger partial charge in [0.15, 0.2) is 9.84 Å². The summed E-state index contributed by atoms with van der Waals surface area (Å²) in [6, 6.07) is 6.21. The Hall–Kier alpha value is -0.870. The summed E-state index contributed by atoms with van der Waals surface area (Å²) in [5.41, 5.74) is 3.73. The third-order valence-corrected chi connectivity index (χ3v) is 5.54. The molecule has 0 spiro atoms. The number of rotatable bonds is 7. The van der Waals surface area contributed by atoms with Gasteiger partial charge in [0.1, 0.15) is 0 Å². The van der Waals surface area contributed by atoms with Gasteiger partial charge in [-0.2, -0.15) is 0 Å². The van der Waals surface area contributed by atoms with E-state index in [1.54, 1.807) is 6.92 Å². The van der Waals surface area contributed by atoms with Crippen molar-refractivity contribution in [1.82, 2.24) is 5.32 Å². The van der Waals surface area contributed by atoms with E-state index in [0.717, 1.165) is 24.9 Å². The Bertz CT molecular complexity index is 537. The van der Waals surface area contributed by atoms with Gasteiger partial charge in [-0.15, -0.1) is 0 Å². The van der Waals surface area contributed by atoms with E-state index in [1.807, 2.05) is 6.92 Å². The van der Waals surface area contributed by atoms with Gasteiger partial charge in [0.25, 0.3) is 0 Å². The molecular weight excluding hydrogens is 270 g/mol. The number of hydrogen-bond donors (Lipinski definition) is 1. The van der Waals surface area contributed by atoms with Crippen LogP contribution in [0.15, 0.2) is 18.2 Å². The zero-order valence-corrected chi connectivity index (χ0v) is 14.0. The van der Waals surface area contributed by atoms with Crippen LogP contribution < -0.4 is 5.32 Å². The molecule has 0 aliphatic carbocycles. The minimum atomic E-state index is -3.07. The zero-order chi connectivity index (χ0) is 15.3. The molecule has 0 heterocycles. The van der Waals surface area contributed by atoms with Crippen molar-refractivity contribution in [1.29, 1.82) is 0 Å². The summed E-state index contributed by atoms with van der Waals surface area (Å²) in [5.74, 6) is 0. The van der Waals surface area contributed by atoms with E-state index in [9.17, 15) is 8.42 Å². The molecule has 0 aliphatic rings. The summed E-state index contributed by atoms with van der Waals surface area (Å²) in [6.45, 7) is 8.82. The van der Waals surface area contributed by atoms with E-state index in [2.05, 4.69) is 37.4 Å². The fourth-order valence-electron chi connectivity index (χ4n) is 2.54. The van der Waals surface area contributed by atoms with Crippen molar-refractivity contribution in [2.24, 2.45) is 0 Å². The number of hydrogen-bond acceptors (Lipinski definition) is 3. The molecule has 1 N–H and O–H groups in total. The normalized spacial score (nSPS) is 15.1. The maximum absolute atomic E-state index is 11.9. The van der Waals surface area contributed by atoms with Crippen LogP contribution >= 0.6 is 0 Å². The van der Waals surface area contributed by atoms with Crippen molar-refractivity contribution in [2.75, 3.05) is 12.8 Å². The molecule has 0 radical (unpaired) electrons. The van der Waals surface area contributed by atoms with Gasteiger partial charge in [0, 0.05) is 12.3 Å². The molecule has 2 atom stereocenters. The maximum Gasteiger partial charge on any atom is 0.151 e. The first-order chi connectivity index (χ1) is 9.35. The van der Waals surface area contributed by atoms with Crippen LogP contribution in [-0.4, -0.2) is 26.5 Å². The lowest BCUT2D eigenvalue weighted by atomic mass is 9.95. The van der Waals surface area contributed by atoms with Crippen molar-refractivity contribution < 1.29 is 8.42 Å². The van der Waals surface area contributed by atoms with Crippen molar-refractivity contribution in [3.05, 3.63) is 34.9 Å². The van der Waals surface area contributed by atoms with Crippen molar-refractivity contribution >= 4 is 9.84 Å². The molecule has 1 rings (SSSR count). The average Bonchev–Trinajstić information content (AvgIpc) is 2.42. The molecule has 4 heteroatoms. The molecule has 0 saturated heterocycles. The van der Waals surface area contributed by atoms with Crippen LogP contribution in [0.25, 0.3) is 0 Å². The fraction of sp³-hybridized carbons (Fsp3) is 0.625. The minimum absolute atomic E-state index is 0.147. The standard InChI is InChI=1S/C16H27NO2S/c1-6-13-9-10-15(11-14(13)7-2)16(17-8-3)12(4)20(5,18)19/h9-12,16-17H,6-8H2,1-5H3. The Labute approximate surface area is 123 Å². The molecule has 0 saturated carbocycles. The highest BCUT2D eigenvalue weighted by molar-refractivity contribution is 7.91. The highest BCUT2D eigenvalue weighted by Gasteiger charge is 2.26. The molecular formula is C16H27NO2S. The third kappa shape index (κ3) is 4.06. The first kappa shape index (κ1) is 17.2. The predicted octanol–water partition coefficient (Wildman–Crippen LogP) is 2.90. The Morgan fingerprint density at radius 1 is 1.10 bits per heavy atom. The van der Waals surface area contributed by atoms with Gasteiger partial charge in [0.05, 0.1) is 5.25 Å². The van der Waals surface area contributed by atoms with E-state index in [0.29, 0.717) is 0 Å². The lowest BCUT2D eigenvalue weighted by Gasteiger charge is -2.25. The lowest BCUT2D eigenvalue weighted by molar-refractivity contribution is 0.512. The number of sulfone groups is 1. The van der Waals surface area contributed by atoms with Crippen molar-refractivity contribution in [3.8, 4) is 0 Å². The van der Waals surface area contributed by atoms with Crippen LogP contribution in [0.5, 0.6) is 0 Å². The zero-order valence-electron chi connectivity index (χ0n) is 13.2. The molecule has 0 amide bonds. The van der Waals surface area contributed by atoms with Crippen molar-refractivity contribution in [2.45, 2.75) is 51.8 Å². The third-order valence-electron chi connectivity index (χ3n) is 3.92. The van der Waals surface area contributed by atoms with Crippen LogP contribution in [0.2, 0.25) is 0 Å². The Balaban J connectivity index is 3.22. The van der Waals surface area contributed by atoms with Crippen LogP contribution in [0.1, 0.15) is 50.4 Å². The van der Waals surface area contributed by atoms with Crippen LogP contribution in [0.3, 0.4) is 0 Å². The lowest BCUT2D eigenvalue weighted by Crippen LogP contribution is -2.35. The van der Waals surface area contributed by atoms with E-state index in [4.69, 9.17) is 0 Å². The number of aryl methyl sites for hydroxylation is 2. The van der Waals surface area contributed by atoms with Gasteiger partial charge >= 0.3 is 0 Å². The summed E-state index contributed by atoms with van der Waals surface area (Å²) < 4.78 is 23.7. The second-order valence-corrected chi connectivity index (χ2v) is 7.71. The molecule has 1 aromatic carbocycles. The maximum atomic E-state index is 11.9. The van der Waals surface area contributed by atoms with Crippen LogP contribution in [0.4, 0.5) is 0 Å². The second-order valence-electron chi connectivity index (χ2n) is 5.31. The molecule has 0 fully saturated rings. The van der Waals surface area contributed by atoms with E-state index < -0.39 is 15.1 Å². The van der Waals surface area contributed by atoms with E-state index in [-0.39, 0.29) is 6.04 Å². The molecule has 20 heavy (non-hydrogen) atoms. The Morgan fingerprint density at radius 2 is 1.70 bits per heavy atom. The second kappa shape index (κ2) is 7.23. The highest BCUT2D eigenvalue weighted by atomic mass is 32.2. The van der Waals surface area contributed by atoms with Gasteiger partial charge in [0.2, 0.25) is 0 Å². The molecule has 2 unspecified atom stereocenters. The fourth-order valence-corrected chi connectivity index (χ4v) is 3.28. The Morgan fingerprint density at radius 3 is 2.15 bits per heavy atom. The quantitative estimate of drug-likeness (QED) is 0.842.